The van der Waals surface area contributed by atoms with Gasteiger partial charge in [-0.05, 0) is 131 Å². The molecule has 4 saturated carbocycles. The van der Waals surface area contributed by atoms with E-state index in [0.29, 0.717) is 19.4 Å². The van der Waals surface area contributed by atoms with Crippen LogP contribution in [0, 0.1) is 31.6 Å². The maximum absolute atomic E-state index is 14.4. The quantitative estimate of drug-likeness (QED) is 0.577. The molecular formula is C33H43N3O3. The van der Waals surface area contributed by atoms with Crippen LogP contribution in [0.15, 0.2) is 36.4 Å². The van der Waals surface area contributed by atoms with E-state index < -0.39 is 12.1 Å². The number of carbonyl (C=O) groups excluding carboxylic acids is 2. The highest BCUT2D eigenvalue weighted by molar-refractivity contribution is 5.91. The lowest BCUT2D eigenvalue weighted by Gasteiger charge is -2.57. The normalized spacial score (nSPS) is 29.8. The second-order valence-electron chi connectivity index (χ2n) is 13.4. The largest absolute Gasteiger partial charge is 0.508 e. The number of phenolic OH excluding ortho intramolecular Hbond substituents is 1. The molecule has 7 rings (SSSR count). The average Bonchev–Trinajstić information content (AvgIpc) is 2.85. The number of benzene rings is 2. The van der Waals surface area contributed by atoms with Crippen molar-refractivity contribution in [3.05, 3.63) is 64.2 Å². The first-order valence-electron chi connectivity index (χ1n) is 14.8. The summed E-state index contributed by atoms with van der Waals surface area (Å²) in [6.45, 7) is 4.42. The highest BCUT2D eigenvalue weighted by Gasteiger charge is 2.52. The Kier molecular flexibility index (Phi) is 6.73. The predicted molar refractivity (Wildman–Crippen MR) is 152 cm³/mol. The third-order valence-corrected chi connectivity index (χ3v) is 10.2. The van der Waals surface area contributed by atoms with Gasteiger partial charge in [-0.1, -0.05) is 24.3 Å². The molecule has 208 valence electrons. The van der Waals surface area contributed by atoms with Crippen molar-refractivity contribution in [2.45, 2.75) is 89.4 Å². The summed E-state index contributed by atoms with van der Waals surface area (Å²) in [7, 11) is 3.88. The van der Waals surface area contributed by atoms with E-state index in [9.17, 15) is 14.7 Å². The zero-order valence-corrected chi connectivity index (χ0v) is 23.9. The molecule has 6 heteroatoms. The molecule has 2 aromatic rings. The van der Waals surface area contributed by atoms with Gasteiger partial charge >= 0.3 is 0 Å². The SMILES string of the molecule is Cc1cc(O)cc(C)c1CC(C(=O)N1Cc2ccccc2CC1C(=O)NC12CC3CC(CC(C3)C1)C2)N(C)C. The molecule has 6 nitrogen and oxygen atoms in total. The van der Waals surface area contributed by atoms with Crippen molar-refractivity contribution in [1.29, 1.82) is 0 Å². The third-order valence-electron chi connectivity index (χ3n) is 10.2. The van der Waals surface area contributed by atoms with Crippen molar-refractivity contribution in [1.82, 2.24) is 15.1 Å². The Balaban J connectivity index is 1.29. The van der Waals surface area contributed by atoms with E-state index in [1.165, 1.54) is 24.8 Å². The summed E-state index contributed by atoms with van der Waals surface area (Å²) in [5.74, 6) is 2.50. The number of likely N-dealkylation sites (N-methyl/N-ethyl adjacent to an activating group) is 1. The summed E-state index contributed by atoms with van der Waals surface area (Å²) in [6, 6.07) is 10.8. The van der Waals surface area contributed by atoms with Gasteiger partial charge < -0.3 is 15.3 Å². The molecule has 1 aliphatic heterocycles. The van der Waals surface area contributed by atoms with Crippen molar-refractivity contribution >= 4 is 11.8 Å². The minimum atomic E-state index is -0.509. The number of rotatable bonds is 6. The van der Waals surface area contributed by atoms with Crippen LogP contribution in [-0.2, 0) is 29.0 Å². The fourth-order valence-corrected chi connectivity index (χ4v) is 8.77. The predicted octanol–water partition coefficient (Wildman–Crippen LogP) is 4.52. The lowest BCUT2D eigenvalue weighted by molar-refractivity contribution is -0.147. The number of phenols is 1. The van der Waals surface area contributed by atoms with Crippen LogP contribution in [0.5, 0.6) is 5.75 Å². The molecule has 4 aliphatic carbocycles. The van der Waals surface area contributed by atoms with Crippen LogP contribution < -0.4 is 5.32 Å². The van der Waals surface area contributed by atoms with Gasteiger partial charge in [0.25, 0.3) is 0 Å². The highest BCUT2D eigenvalue weighted by atomic mass is 16.3. The van der Waals surface area contributed by atoms with Gasteiger partial charge in [0.1, 0.15) is 11.8 Å². The van der Waals surface area contributed by atoms with Crippen molar-refractivity contribution in [2.24, 2.45) is 17.8 Å². The number of hydrogen-bond donors (Lipinski definition) is 2. The van der Waals surface area contributed by atoms with Crippen LogP contribution in [0.1, 0.15) is 66.3 Å². The molecule has 39 heavy (non-hydrogen) atoms. The smallest absolute Gasteiger partial charge is 0.243 e. The third kappa shape index (κ3) is 4.97. The Morgan fingerprint density at radius 3 is 2.13 bits per heavy atom. The van der Waals surface area contributed by atoms with Crippen LogP contribution in [-0.4, -0.2) is 58.4 Å². The monoisotopic (exact) mass is 529 g/mol. The van der Waals surface area contributed by atoms with Gasteiger partial charge in [-0.25, -0.2) is 0 Å². The fourth-order valence-electron chi connectivity index (χ4n) is 8.77. The Labute approximate surface area is 232 Å². The summed E-state index contributed by atoms with van der Waals surface area (Å²) >= 11 is 0. The molecule has 0 radical (unpaired) electrons. The molecule has 0 saturated heterocycles. The van der Waals surface area contributed by atoms with E-state index in [2.05, 4.69) is 17.4 Å². The fraction of sp³-hybridized carbons (Fsp3) is 0.576. The Morgan fingerprint density at radius 1 is 1.00 bits per heavy atom. The summed E-state index contributed by atoms with van der Waals surface area (Å²) in [5, 5.41) is 13.6. The molecule has 4 bridgehead atoms. The van der Waals surface area contributed by atoms with Gasteiger partial charge in [0, 0.05) is 18.5 Å². The van der Waals surface area contributed by atoms with Gasteiger partial charge in [0.05, 0.1) is 6.04 Å². The lowest BCUT2D eigenvalue weighted by atomic mass is 9.53. The summed E-state index contributed by atoms with van der Waals surface area (Å²) < 4.78 is 0. The van der Waals surface area contributed by atoms with E-state index in [0.717, 1.165) is 59.3 Å². The first kappa shape index (κ1) is 26.4. The maximum atomic E-state index is 14.4. The van der Waals surface area contributed by atoms with Crippen molar-refractivity contribution < 1.29 is 14.7 Å². The van der Waals surface area contributed by atoms with E-state index >= 15 is 0 Å². The van der Waals surface area contributed by atoms with E-state index in [-0.39, 0.29) is 23.1 Å². The maximum Gasteiger partial charge on any atom is 0.243 e. The number of nitrogens with one attached hydrogen (secondary N) is 1. The number of aryl methyl sites for hydroxylation is 2. The second-order valence-corrected chi connectivity index (χ2v) is 13.4. The standard InChI is InChI=1S/C33H43N3O3/c1-20-9-27(37)10-21(2)28(20)15-30(35(3)4)32(39)36-19-26-8-6-5-7-25(26)14-29(36)31(38)34-33-16-22-11-23(17-33)13-24(12-22)18-33/h5-10,22-24,29-30,37H,11-19H2,1-4H3,(H,34,38). The van der Waals surface area contributed by atoms with Gasteiger partial charge in [-0.2, -0.15) is 0 Å². The molecule has 0 spiro atoms. The average molecular weight is 530 g/mol. The van der Waals surface area contributed by atoms with Gasteiger partial charge in [-0.15, -0.1) is 0 Å². The molecule has 4 fully saturated rings. The molecule has 2 unspecified atom stereocenters. The summed E-state index contributed by atoms with van der Waals surface area (Å²) in [4.78, 5) is 32.4. The second kappa shape index (κ2) is 9.96. The number of amides is 2. The number of aromatic hydroxyl groups is 1. The Morgan fingerprint density at radius 2 is 1.56 bits per heavy atom. The van der Waals surface area contributed by atoms with E-state index in [4.69, 9.17) is 0 Å². The molecule has 1 heterocycles. The van der Waals surface area contributed by atoms with Crippen LogP contribution in [0.3, 0.4) is 0 Å². The van der Waals surface area contributed by atoms with Crippen LogP contribution >= 0.6 is 0 Å². The molecule has 2 atom stereocenters. The zero-order chi connectivity index (χ0) is 27.5. The number of carbonyl (C=O) groups is 2. The van der Waals surface area contributed by atoms with Crippen LogP contribution in [0.4, 0.5) is 0 Å². The topological polar surface area (TPSA) is 72.9 Å². The summed E-state index contributed by atoms with van der Waals surface area (Å²) in [5.41, 5.74) is 5.24. The molecule has 2 amide bonds. The van der Waals surface area contributed by atoms with Gasteiger partial charge in [0.15, 0.2) is 0 Å². The minimum absolute atomic E-state index is 0.00737. The Bertz CT molecular complexity index is 1230. The first-order valence-corrected chi connectivity index (χ1v) is 14.8. The molecule has 5 aliphatic rings. The van der Waals surface area contributed by atoms with Crippen molar-refractivity contribution in [2.75, 3.05) is 14.1 Å². The number of fused-ring (bicyclic) bond motifs is 1. The van der Waals surface area contributed by atoms with Crippen molar-refractivity contribution in [3.8, 4) is 5.75 Å². The minimum Gasteiger partial charge on any atom is -0.508 e. The first-order chi connectivity index (χ1) is 18.6. The molecule has 2 aromatic carbocycles. The molecule has 2 N–H and O–H groups in total. The highest BCUT2D eigenvalue weighted by Crippen LogP contribution is 2.55. The van der Waals surface area contributed by atoms with Gasteiger partial charge in [0.2, 0.25) is 11.8 Å². The van der Waals surface area contributed by atoms with Crippen LogP contribution in [0.2, 0.25) is 0 Å². The molecular weight excluding hydrogens is 486 g/mol. The molecule has 0 aromatic heterocycles. The lowest BCUT2D eigenvalue weighted by Crippen LogP contribution is -2.64. The summed E-state index contributed by atoms with van der Waals surface area (Å²) in [6.07, 6.45) is 8.37. The van der Waals surface area contributed by atoms with Gasteiger partial charge in [-0.3, -0.25) is 14.5 Å². The van der Waals surface area contributed by atoms with Crippen LogP contribution in [0.25, 0.3) is 0 Å². The van der Waals surface area contributed by atoms with E-state index in [1.807, 2.05) is 49.9 Å². The number of nitrogens with zero attached hydrogens (tertiary/aromatic N) is 2. The Hall–Kier alpha value is -2.86. The zero-order valence-electron chi connectivity index (χ0n) is 23.9. The number of hydrogen-bond acceptors (Lipinski definition) is 4. The van der Waals surface area contributed by atoms with Crippen molar-refractivity contribution in [3.63, 3.8) is 0 Å². The van der Waals surface area contributed by atoms with E-state index in [1.54, 1.807) is 12.1 Å².